The number of carbonyl (C=O) groups excluding carboxylic acids is 4. The number of hydrazine groups is 1. The molecule has 8 nitrogen and oxygen atoms in total. The quantitative estimate of drug-likeness (QED) is 0.554. The van der Waals surface area contributed by atoms with E-state index in [1.807, 2.05) is 0 Å². The zero-order valence-corrected chi connectivity index (χ0v) is 16.5. The highest BCUT2D eigenvalue weighted by Gasteiger charge is 2.49. The molecule has 1 aromatic carbocycles. The fourth-order valence-corrected chi connectivity index (χ4v) is 3.49. The van der Waals surface area contributed by atoms with Crippen LogP contribution >= 0.6 is 11.6 Å². The highest BCUT2D eigenvalue weighted by molar-refractivity contribution is 6.30. The number of imide groups is 1. The van der Waals surface area contributed by atoms with Gasteiger partial charge in [0.15, 0.2) is 6.61 Å². The van der Waals surface area contributed by atoms with Crippen LogP contribution in [-0.2, 0) is 24.5 Å². The maximum Gasteiger partial charge on any atom is 0.344 e. The minimum Gasteiger partial charge on any atom is -0.455 e. The van der Waals surface area contributed by atoms with Crippen LogP contribution in [0.3, 0.4) is 0 Å². The number of nitrogens with zero attached hydrogens (tertiary/aromatic N) is 1. The van der Waals surface area contributed by atoms with Crippen molar-refractivity contribution >= 4 is 35.4 Å². The molecule has 0 bridgehead atoms. The third-order valence-electron chi connectivity index (χ3n) is 5.53. The van der Waals surface area contributed by atoms with Crippen molar-refractivity contribution in [2.75, 3.05) is 6.61 Å². The van der Waals surface area contributed by atoms with Gasteiger partial charge in [0.1, 0.15) is 5.54 Å². The molecule has 4 amide bonds. The Hall–Kier alpha value is -2.61. The fraction of sp³-hybridized carbons (Fsp3) is 0.474. The molecule has 0 radical (unpaired) electrons. The Balaban J connectivity index is 1.60. The molecule has 0 spiro atoms. The molecular weight excluding hydrogens is 386 g/mol. The van der Waals surface area contributed by atoms with E-state index >= 15 is 0 Å². The van der Waals surface area contributed by atoms with Crippen molar-refractivity contribution in [2.45, 2.75) is 50.5 Å². The van der Waals surface area contributed by atoms with Gasteiger partial charge < -0.3 is 10.1 Å². The molecule has 1 aliphatic carbocycles. The molecule has 1 saturated carbocycles. The number of hydrogen-bond donors (Lipinski definition) is 2. The number of ether oxygens (including phenoxy) is 1. The Morgan fingerprint density at radius 2 is 1.89 bits per heavy atom. The summed E-state index contributed by atoms with van der Waals surface area (Å²) in [4.78, 5) is 49.0. The van der Waals surface area contributed by atoms with Gasteiger partial charge in [-0.05, 0) is 43.9 Å². The van der Waals surface area contributed by atoms with Crippen LogP contribution in [-0.4, -0.2) is 41.0 Å². The zero-order valence-electron chi connectivity index (χ0n) is 15.7. The highest BCUT2D eigenvalue weighted by Crippen LogP contribution is 2.45. The third-order valence-corrected chi connectivity index (χ3v) is 5.79. The first kappa shape index (κ1) is 20.1. The van der Waals surface area contributed by atoms with Crippen LogP contribution < -0.4 is 10.7 Å². The first-order chi connectivity index (χ1) is 13.2. The lowest BCUT2D eigenvalue weighted by atomic mass is 9.64. The second-order valence-corrected chi connectivity index (χ2v) is 7.75. The number of esters is 1. The number of amides is 4. The van der Waals surface area contributed by atoms with Crippen LogP contribution in [0.5, 0.6) is 0 Å². The topological polar surface area (TPSA) is 105 Å². The molecule has 9 heteroatoms. The van der Waals surface area contributed by atoms with Crippen molar-refractivity contribution in [3.63, 3.8) is 0 Å². The zero-order chi connectivity index (χ0) is 20.5. The Kier molecular flexibility index (Phi) is 5.34. The molecule has 3 rings (SSSR count). The van der Waals surface area contributed by atoms with Crippen LogP contribution in [0.2, 0.25) is 5.02 Å². The van der Waals surface area contributed by atoms with E-state index in [0.717, 1.165) is 12.0 Å². The Labute approximate surface area is 167 Å². The molecule has 1 heterocycles. The van der Waals surface area contributed by atoms with Crippen LogP contribution in [0.1, 0.15) is 45.1 Å². The van der Waals surface area contributed by atoms with E-state index in [1.165, 1.54) is 0 Å². The summed E-state index contributed by atoms with van der Waals surface area (Å²) >= 11 is 5.91. The van der Waals surface area contributed by atoms with Crippen molar-refractivity contribution < 1.29 is 23.9 Å². The largest absolute Gasteiger partial charge is 0.455 e. The number of nitrogens with one attached hydrogen (secondary N) is 2. The fourth-order valence-electron chi connectivity index (χ4n) is 3.36. The van der Waals surface area contributed by atoms with Crippen LogP contribution in [0.4, 0.5) is 4.79 Å². The Morgan fingerprint density at radius 3 is 2.39 bits per heavy atom. The van der Waals surface area contributed by atoms with Crippen LogP contribution in [0.25, 0.3) is 0 Å². The van der Waals surface area contributed by atoms with Crippen molar-refractivity contribution in [3.05, 3.63) is 34.9 Å². The van der Waals surface area contributed by atoms with Crippen molar-refractivity contribution in [1.82, 2.24) is 15.8 Å². The van der Waals surface area contributed by atoms with Gasteiger partial charge in [-0.3, -0.25) is 19.8 Å². The van der Waals surface area contributed by atoms with Gasteiger partial charge >= 0.3 is 12.0 Å². The smallest absolute Gasteiger partial charge is 0.344 e. The van der Waals surface area contributed by atoms with Gasteiger partial charge in [0.2, 0.25) is 0 Å². The highest BCUT2D eigenvalue weighted by atomic mass is 35.5. The Bertz CT molecular complexity index is 821. The summed E-state index contributed by atoms with van der Waals surface area (Å²) in [6.45, 7) is 2.74. The minimum atomic E-state index is -1.06. The van der Waals surface area contributed by atoms with E-state index in [9.17, 15) is 19.2 Å². The van der Waals surface area contributed by atoms with Gasteiger partial charge in [0.25, 0.3) is 11.8 Å². The average molecular weight is 408 g/mol. The van der Waals surface area contributed by atoms with E-state index in [4.69, 9.17) is 16.3 Å². The molecule has 0 aromatic heterocycles. The second kappa shape index (κ2) is 7.43. The van der Waals surface area contributed by atoms with E-state index in [0.29, 0.717) is 29.3 Å². The SMILES string of the molecule is CCC1(C)NC(=O)N(NC(=O)COC(=O)C2(c3ccc(Cl)cc3)CCC2)C1=O. The summed E-state index contributed by atoms with van der Waals surface area (Å²) in [6, 6.07) is 6.26. The predicted octanol–water partition coefficient (Wildman–Crippen LogP) is 2.06. The number of carbonyl (C=O) groups is 4. The minimum absolute atomic E-state index is 0.378. The molecule has 1 aromatic rings. The number of urea groups is 1. The van der Waals surface area contributed by atoms with E-state index < -0.39 is 41.4 Å². The molecular formula is C19H22ClN3O5. The lowest BCUT2D eigenvalue weighted by Gasteiger charge is -2.39. The van der Waals surface area contributed by atoms with Crippen LogP contribution in [0, 0.1) is 0 Å². The van der Waals surface area contributed by atoms with E-state index in [-0.39, 0.29) is 0 Å². The number of halogens is 1. The van der Waals surface area contributed by atoms with Gasteiger partial charge in [-0.2, -0.15) is 5.01 Å². The van der Waals surface area contributed by atoms with Crippen LogP contribution in [0.15, 0.2) is 24.3 Å². The number of benzene rings is 1. The van der Waals surface area contributed by atoms with Gasteiger partial charge in [-0.25, -0.2) is 4.79 Å². The Morgan fingerprint density at radius 1 is 1.25 bits per heavy atom. The molecule has 1 atom stereocenters. The average Bonchev–Trinajstić information content (AvgIpc) is 2.84. The molecule has 2 aliphatic rings. The lowest BCUT2D eigenvalue weighted by molar-refractivity contribution is -0.158. The maximum atomic E-state index is 12.7. The van der Waals surface area contributed by atoms with Gasteiger partial charge in [0, 0.05) is 5.02 Å². The summed E-state index contributed by atoms with van der Waals surface area (Å²) in [7, 11) is 0. The van der Waals surface area contributed by atoms with Crippen molar-refractivity contribution in [2.24, 2.45) is 0 Å². The molecule has 2 N–H and O–H groups in total. The normalized spacial score (nSPS) is 23.0. The van der Waals surface area contributed by atoms with Crippen molar-refractivity contribution in [1.29, 1.82) is 0 Å². The third kappa shape index (κ3) is 3.44. The predicted molar refractivity (Wildman–Crippen MR) is 100 cm³/mol. The first-order valence-electron chi connectivity index (χ1n) is 9.11. The molecule has 28 heavy (non-hydrogen) atoms. The summed E-state index contributed by atoms with van der Waals surface area (Å²) in [5.74, 6) is -1.83. The van der Waals surface area contributed by atoms with E-state index in [2.05, 4.69) is 10.7 Å². The monoisotopic (exact) mass is 407 g/mol. The summed E-state index contributed by atoms with van der Waals surface area (Å²) in [6.07, 6.45) is 2.50. The van der Waals surface area contributed by atoms with Crippen molar-refractivity contribution in [3.8, 4) is 0 Å². The number of hydrogen-bond acceptors (Lipinski definition) is 5. The second-order valence-electron chi connectivity index (χ2n) is 7.31. The first-order valence-corrected chi connectivity index (χ1v) is 9.49. The molecule has 1 unspecified atom stereocenters. The molecule has 150 valence electrons. The molecule has 2 fully saturated rings. The standard InChI is InChI=1S/C19H22ClN3O5/c1-3-18(2)15(25)23(17(27)21-18)22-14(24)11-28-16(26)19(9-4-10-19)12-5-7-13(20)8-6-12/h5-8H,3-4,9-11H2,1-2H3,(H,21,27)(H,22,24). The molecule has 1 aliphatic heterocycles. The summed E-state index contributed by atoms with van der Waals surface area (Å²) in [5.41, 5.74) is 1.14. The maximum absolute atomic E-state index is 12.7. The van der Waals surface area contributed by atoms with Gasteiger partial charge in [0.05, 0.1) is 5.41 Å². The molecule has 1 saturated heterocycles. The lowest BCUT2D eigenvalue weighted by Crippen LogP contribution is -2.50. The number of rotatable bonds is 6. The van der Waals surface area contributed by atoms with Gasteiger partial charge in [-0.15, -0.1) is 0 Å². The summed E-state index contributed by atoms with van der Waals surface area (Å²) in [5, 5.41) is 3.71. The van der Waals surface area contributed by atoms with Gasteiger partial charge in [-0.1, -0.05) is 37.1 Å². The summed E-state index contributed by atoms with van der Waals surface area (Å²) < 4.78 is 5.20. The van der Waals surface area contributed by atoms with E-state index in [1.54, 1.807) is 38.1 Å².